The van der Waals surface area contributed by atoms with Crippen LogP contribution in [0.3, 0.4) is 0 Å². The first-order valence-corrected chi connectivity index (χ1v) is 12.2. The number of rotatable bonds is 17. The van der Waals surface area contributed by atoms with Crippen molar-refractivity contribution in [1.82, 2.24) is 5.16 Å². The van der Waals surface area contributed by atoms with Crippen LogP contribution in [0.5, 0.6) is 17.4 Å². The number of hydrogen-bond donors (Lipinski definition) is 0. The highest BCUT2D eigenvalue weighted by molar-refractivity contribution is 5.95. The molecule has 0 saturated carbocycles. The number of unbranched alkanes of at least 4 members (excludes halogenated alkanes) is 6. The molecule has 1 aromatic carbocycles. The second kappa shape index (κ2) is 15.8. The van der Waals surface area contributed by atoms with Gasteiger partial charge < -0.3 is 23.6 Å². The molecule has 0 radical (unpaired) electrons. The molecule has 7 nitrogen and oxygen atoms in total. The van der Waals surface area contributed by atoms with E-state index >= 15 is 0 Å². The van der Waals surface area contributed by atoms with E-state index in [1.807, 2.05) is 31.2 Å². The lowest BCUT2D eigenvalue weighted by Gasteiger charge is -2.14. The van der Waals surface area contributed by atoms with E-state index in [0.717, 1.165) is 48.5 Å². The maximum absolute atomic E-state index is 6.07. The van der Waals surface area contributed by atoms with Gasteiger partial charge in [-0.2, -0.15) is 0 Å². The minimum absolute atomic E-state index is 0.488. The van der Waals surface area contributed by atoms with E-state index in [1.165, 1.54) is 32.8 Å². The van der Waals surface area contributed by atoms with Gasteiger partial charge in [-0.1, -0.05) is 49.4 Å². The average Bonchev–Trinajstić information content (AvgIpc) is 3.28. The summed E-state index contributed by atoms with van der Waals surface area (Å²) < 4.78 is 22.6. The topological polar surface area (TPSA) is 75.3 Å². The van der Waals surface area contributed by atoms with E-state index in [9.17, 15) is 0 Å². The zero-order valence-electron chi connectivity index (χ0n) is 21.4. The largest absolute Gasteiger partial charge is 0.493 e. The average molecular weight is 473 g/mol. The van der Waals surface area contributed by atoms with Gasteiger partial charge in [-0.15, -0.1) is 0 Å². The molecule has 0 aliphatic rings. The summed E-state index contributed by atoms with van der Waals surface area (Å²) in [7, 11) is 1.50. The van der Waals surface area contributed by atoms with Gasteiger partial charge in [0.15, 0.2) is 5.76 Å². The van der Waals surface area contributed by atoms with Crippen molar-refractivity contribution in [1.29, 1.82) is 0 Å². The molecule has 0 fully saturated rings. The Labute approximate surface area is 204 Å². The predicted octanol–water partition coefficient (Wildman–Crippen LogP) is 6.81. The second-order valence-electron chi connectivity index (χ2n) is 8.33. The Morgan fingerprint density at radius 3 is 2.15 bits per heavy atom. The Morgan fingerprint density at radius 2 is 1.53 bits per heavy atom. The third kappa shape index (κ3) is 9.89. The molecule has 0 atom stereocenters. The summed E-state index contributed by atoms with van der Waals surface area (Å²) >= 11 is 0. The van der Waals surface area contributed by atoms with Crippen LogP contribution in [0, 0.1) is 13.8 Å². The minimum atomic E-state index is 0.488. The summed E-state index contributed by atoms with van der Waals surface area (Å²) in [6.45, 7) is 9.92. The Kier molecular flexibility index (Phi) is 12.7. The predicted molar refractivity (Wildman–Crippen MR) is 135 cm³/mol. The molecule has 0 bridgehead atoms. The number of oxime groups is 1. The second-order valence-corrected chi connectivity index (χ2v) is 8.33. The quantitative estimate of drug-likeness (QED) is 0.109. The smallest absolute Gasteiger partial charge is 0.254 e. The van der Waals surface area contributed by atoms with Crippen molar-refractivity contribution in [3.63, 3.8) is 0 Å². The van der Waals surface area contributed by atoms with E-state index < -0.39 is 0 Å². The van der Waals surface area contributed by atoms with E-state index in [1.54, 1.807) is 13.0 Å². The summed E-state index contributed by atoms with van der Waals surface area (Å²) in [5, 5.41) is 7.71. The van der Waals surface area contributed by atoms with Gasteiger partial charge in [-0.3, -0.25) is 0 Å². The van der Waals surface area contributed by atoms with Gasteiger partial charge >= 0.3 is 0 Å². The summed E-state index contributed by atoms with van der Waals surface area (Å²) in [5.74, 6) is 2.92. The van der Waals surface area contributed by atoms with E-state index in [0.29, 0.717) is 30.6 Å². The first-order chi connectivity index (χ1) is 16.5. The highest BCUT2D eigenvalue weighted by atomic mass is 16.6. The number of aryl methyl sites for hydroxylation is 2. The summed E-state index contributed by atoms with van der Waals surface area (Å²) in [6.07, 6.45) is 12.1. The zero-order valence-corrected chi connectivity index (χ0v) is 21.4. The van der Waals surface area contributed by atoms with Crippen LogP contribution >= 0.6 is 0 Å². The van der Waals surface area contributed by atoms with Gasteiger partial charge in [0.1, 0.15) is 30.9 Å². The Morgan fingerprint density at radius 1 is 0.912 bits per heavy atom. The van der Waals surface area contributed by atoms with Crippen molar-refractivity contribution in [2.24, 2.45) is 5.16 Å². The van der Waals surface area contributed by atoms with Crippen LogP contribution in [0.1, 0.15) is 75.7 Å². The minimum Gasteiger partial charge on any atom is -0.493 e. The highest BCUT2D eigenvalue weighted by Gasteiger charge is 2.09. The van der Waals surface area contributed by atoms with Crippen molar-refractivity contribution < 1.29 is 23.6 Å². The van der Waals surface area contributed by atoms with E-state index in [-0.39, 0.29) is 0 Å². The normalized spacial score (nSPS) is 11.7. The molecule has 0 aliphatic heterocycles. The van der Waals surface area contributed by atoms with Crippen molar-refractivity contribution in [3.05, 3.63) is 47.2 Å². The zero-order chi connectivity index (χ0) is 24.6. The van der Waals surface area contributed by atoms with Gasteiger partial charge in [-0.25, -0.2) is 0 Å². The fraction of sp³-hybridized carbons (Fsp3) is 0.556. The van der Waals surface area contributed by atoms with Gasteiger partial charge in [-0.05, 0) is 69.0 Å². The van der Waals surface area contributed by atoms with Crippen LogP contribution in [0.25, 0.3) is 0 Å². The fourth-order valence-corrected chi connectivity index (χ4v) is 3.58. The van der Waals surface area contributed by atoms with Crippen LogP contribution in [0.4, 0.5) is 0 Å². The lowest BCUT2D eigenvalue weighted by Crippen LogP contribution is -2.02. The monoisotopic (exact) mass is 472 g/mol. The van der Waals surface area contributed by atoms with Crippen LogP contribution < -0.4 is 14.2 Å². The maximum Gasteiger partial charge on any atom is 0.254 e. The molecule has 2 rings (SSSR count). The van der Waals surface area contributed by atoms with Crippen LogP contribution in [-0.2, 0) is 4.84 Å². The summed E-state index contributed by atoms with van der Waals surface area (Å²) in [6, 6.07) is 5.83. The molecule has 0 spiro atoms. The number of aromatic nitrogens is 1. The first kappa shape index (κ1) is 27.3. The number of allylic oxidation sites excluding steroid dienone is 1. The fourth-order valence-electron chi connectivity index (χ4n) is 3.58. The molecule has 34 heavy (non-hydrogen) atoms. The molecule has 2 aromatic rings. The molecule has 0 saturated heterocycles. The lowest BCUT2D eigenvalue weighted by atomic mass is 10.1. The molecule has 7 heteroatoms. The Hall–Kier alpha value is -2.96. The van der Waals surface area contributed by atoms with Crippen molar-refractivity contribution in [2.45, 2.75) is 72.6 Å². The standard InChI is InChI=1S/C27H40N2O5/c1-6-7-15-31-24-18-21(2)27(22(3)19-24)33-17-14-12-10-8-9-11-13-16-32-26-20-25(34-29-26)23(4)28-30-5/h6-7,18-20H,8-17H2,1-5H3/b7-6+,28-23-. The third-order valence-corrected chi connectivity index (χ3v) is 5.37. The van der Waals surface area contributed by atoms with Crippen LogP contribution in [0.15, 0.2) is 40.0 Å². The summed E-state index contributed by atoms with van der Waals surface area (Å²) in [5.41, 5.74) is 2.87. The van der Waals surface area contributed by atoms with Crippen molar-refractivity contribution >= 4 is 5.71 Å². The molecule has 0 amide bonds. The van der Waals surface area contributed by atoms with Crippen molar-refractivity contribution in [2.75, 3.05) is 26.9 Å². The van der Waals surface area contributed by atoms with Crippen molar-refractivity contribution in [3.8, 4) is 17.4 Å². The molecule has 1 aromatic heterocycles. The number of benzene rings is 1. The lowest BCUT2D eigenvalue weighted by molar-refractivity contribution is 0.212. The first-order valence-electron chi connectivity index (χ1n) is 12.2. The molecule has 1 heterocycles. The van der Waals surface area contributed by atoms with Crippen LogP contribution in [-0.4, -0.2) is 37.8 Å². The van der Waals surface area contributed by atoms with Gasteiger partial charge in [0.2, 0.25) is 0 Å². The van der Waals surface area contributed by atoms with Gasteiger partial charge in [0, 0.05) is 0 Å². The molecular formula is C27H40N2O5. The Bertz CT molecular complexity index is 881. The molecule has 0 unspecified atom stereocenters. The molecular weight excluding hydrogens is 432 g/mol. The van der Waals surface area contributed by atoms with Gasteiger partial charge in [0.25, 0.3) is 5.88 Å². The van der Waals surface area contributed by atoms with Crippen LogP contribution in [0.2, 0.25) is 0 Å². The van der Waals surface area contributed by atoms with Gasteiger partial charge in [0.05, 0.1) is 19.3 Å². The summed E-state index contributed by atoms with van der Waals surface area (Å²) in [4.78, 5) is 4.73. The highest BCUT2D eigenvalue weighted by Crippen LogP contribution is 2.28. The van der Waals surface area contributed by atoms with E-state index in [2.05, 4.69) is 24.2 Å². The van der Waals surface area contributed by atoms with E-state index in [4.69, 9.17) is 23.6 Å². The molecule has 0 N–H and O–H groups in total. The molecule has 188 valence electrons. The third-order valence-electron chi connectivity index (χ3n) is 5.37. The number of ether oxygens (including phenoxy) is 3. The Balaban J connectivity index is 1.50. The number of nitrogens with zero attached hydrogens (tertiary/aromatic N) is 2. The maximum atomic E-state index is 6.07. The number of hydrogen-bond acceptors (Lipinski definition) is 7. The SMILES string of the molecule is C/C=C/COc1cc(C)c(OCCCCCCCCCOc2cc(/C(C)=N\OC)on2)c(C)c1. The molecule has 0 aliphatic carbocycles.